The number of hydrogen-bond donors (Lipinski definition) is 2. The molecule has 0 fully saturated rings. The van der Waals surface area contributed by atoms with E-state index < -0.39 is 11.7 Å². The summed E-state index contributed by atoms with van der Waals surface area (Å²) < 4.78 is 44.3. The van der Waals surface area contributed by atoms with Crippen molar-refractivity contribution in [1.29, 1.82) is 0 Å². The van der Waals surface area contributed by atoms with Crippen LogP contribution in [0.25, 0.3) is 0 Å². The van der Waals surface area contributed by atoms with Crippen LogP contribution in [-0.4, -0.2) is 13.7 Å². The number of nitrogens with one attached hydrogen (secondary N) is 1. The highest BCUT2D eigenvalue weighted by Gasteiger charge is 2.37. The van der Waals surface area contributed by atoms with E-state index in [0.29, 0.717) is 18.2 Å². The van der Waals surface area contributed by atoms with Gasteiger partial charge in [-0.25, -0.2) is 0 Å². The van der Waals surface area contributed by atoms with Crippen LogP contribution in [0.15, 0.2) is 30.3 Å². The van der Waals surface area contributed by atoms with Gasteiger partial charge in [-0.1, -0.05) is 66.5 Å². The predicted molar refractivity (Wildman–Crippen MR) is 119 cm³/mol. The molecule has 7 heteroatoms. The molecule has 3 nitrogen and oxygen atoms in total. The summed E-state index contributed by atoms with van der Waals surface area (Å²) in [6.45, 7) is 8.97. The SMILES string of the molecule is CCCNc1c(OC)cc(CBr)c(C(F)(F)F)c1N.Cc1ccc(C(C)C)cc1. The number of benzene rings is 2. The van der Waals surface area contributed by atoms with E-state index in [4.69, 9.17) is 10.5 Å². The molecule has 0 radical (unpaired) electrons. The number of hydrogen-bond acceptors (Lipinski definition) is 3. The van der Waals surface area contributed by atoms with E-state index in [0.717, 1.165) is 6.42 Å². The van der Waals surface area contributed by atoms with Crippen molar-refractivity contribution in [3.63, 3.8) is 0 Å². The van der Waals surface area contributed by atoms with E-state index in [2.05, 4.69) is 66.3 Å². The topological polar surface area (TPSA) is 47.3 Å². The zero-order valence-corrected chi connectivity index (χ0v) is 19.2. The van der Waals surface area contributed by atoms with Crippen LogP contribution in [0.2, 0.25) is 0 Å². The number of anilines is 2. The third-order valence-electron chi connectivity index (χ3n) is 4.35. The fourth-order valence-corrected chi connectivity index (χ4v) is 3.16. The summed E-state index contributed by atoms with van der Waals surface area (Å²) >= 11 is 3.04. The number of nitrogens with two attached hydrogens (primary N) is 1. The molecule has 0 atom stereocenters. The maximum atomic E-state index is 13.1. The molecular weight excluding hydrogens is 445 g/mol. The summed E-state index contributed by atoms with van der Waals surface area (Å²) in [5.41, 5.74) is 7.55. The molecule has 0 unspecified atom stereocenters. The molecule has 0 aromatic heterocycles. The first kappa shape index (κ1) is 25.1. The first-order valence-electron chi connectivity index (χ1n) is 9.49. The lowest BCUT2D eigenvalue weighted by molar-refractivity contribution is -0.137. The number of alkyl halides is 4. The van der Waals surface area contributed by atoms with Gasteiger partial charge in [0.25, 0.3) is 0 Å². The van der Waals surface area contributed by atoms with Crippen molar-refractivity contribution in [2.45, 2.75) is 51.5 Å². The highest BCUT2D eigenvalue weighted by atomic mass is 79.9. The molecule has 2 aromatic carbocycles. The van der Waals surface area contributed by atoms with Gasteiger partial charge in [0.1, 0.15) is 11.4 Å². The quantitative estimate of drug-likeness (QED) is 0.345. The van der Waals surface area contributed by atoms with Gasteiger partial charge in [0.2, 0.25) is 0 Å². The molecule has 0 amide bonds. The summed E-state index contributed by atoms with van der Waals surface area (Å²) in [6, 6.07) is 10.1. The molecule has 0 bridgehead atoms. The second-order valence-electron chi connectivity index (χ2n) is 7.03. The first-order valence-corrected chi connectivity index (χ1v) is 10.6. The van der Waals surface area contributed by atoms with Crippen molar-refractivity contribution in [2.75, 3.05) is 24.7 Å². The van der Waals surface area contributed by atoms with E-state index in [-0.39, 0.29) is 22.3 Å². The number of rotatable bonds is 6. The second kappa shape index (κ2) is 11.3. The molecule has 2 rings (SSSR count). The van der Waals surface area contributed by atoms with Gasteiger partial charge >= 0.3 is 6.18 Å². The van der Waals surface area contributed by atoms with Crippen LogP contribution < -0.4 is 15.8 Å². The number of halogens is 4. The minimum Gasteiger partial charge on any atom is -0.494 e. The smallest absolute Gasteiger partial charge is 0.418 e. The Labute approximate surface area is 180 Å². The fourth-order valence-electron chi connectivity index (χ4n) is 2.72. The molecule has 3 N–H and O–H groups in total. The highest BCUT2D eigenvalue weighted by Crippen LogP contribution is 2.44. The Morgan fingerprint density at radius 3 is 2.17 bits per heavy atom. The summed E-state index contributed by atoms with van der Waals surface area (Å²) in [7, 11) is 1.40. The van der Waals surface area contributed by atoms with Crippen LogP contribution in [0.1, 0.15) is 55.4 Å². The molecule has 0 saturated heterocycles. The second-order valence-corrected chi connectivity index (χ2v) is 7.59. The van der Waals surface area contributed by atoms with Gasteiger partial charge in [-0.15, -0.1) is 0 Å². The van der Waals surface area contributed by atoms with E-state index >= 15 is 0 Å². The maximum absolute atomic E-state index is 13.1. The molecule has 2 aromatic rings. The zero-order valence-electron chi connectivity index (χ0n) is 17.6. The minimum absolute atomic E-state index is 0.0520. The summed E-state index contributed by atoms with van der Waals surface area (Å²) in [6.07, 6.45) is -3.73. The lowest BCUT2D eigenvalue weighted by Crippen LogP contribution is -2.15. The highest BCUT2D eigenvalue weighted by molar-refractivity contribution is 9.08. The number of ether oxygens (including phenoxy) is 1. The van der Waals surface area contributed by atoms with Gasteiger partial charge in [0, 0.05) is 11.9 Å². The average Bonchev–Trinajstić information content (AvgIpc) is 2.66. The van der Waals surface area contributed by atoms with Crippen molar-refractivity contribution in [1.82, 2.24) is 0 Å². The minimum atomic E-state index is -4.50. The van der Waals surface area contributed by atoms with Crippen LogP contribution in [0, 0.1) is 6.92 Å². The van der Waals surface area contributed by atoms with Crippen molar-refractivity contribution >= 4 is 27.3 Å². The number of methoxy groups -OCH3 is 1. The van der Waals surface area contributed by atoms with Gasteiger partial charge in [-0.2, -0.15) is 13.2 Å². The van der Waals surface area contributed by atoms with Crippen LogP contribution in [-0.2, 0) is 11.5 Å². The summed E-state index contributed by atoms with van der Waals surface area (Å²) in [4.78, 5) is 0. The monoisotopic (exact) mass is 474 g/mol. The van der Waals surface area contributed by atoms with Crippen LogP contribution >= 0.6 is 15.9 Å². The average molecular weight is 475 g/mol. The Bertz CT molecular complexity index is 775. The third-order valence-corrected chi connectivity index (χ3v) is 4.96. The number of aryl methyl sites for hydroxylation is 1. The predicted octanol–water partition coefficient (Wildman–Crippen LogP) is 7.13. The lowest BCUT2D eigenvalue weighted by Gasteiger charge is -2.20. The van der Waals surface area contributed by atoms with E-state index in [1.54, 1.807) is 0 Å². The molecule has 0 saturated carbocycles. The van der Waals surface area contributed by atoms with Crippen LogP contribution in [0.5, 0.6) is 5.75 Å². The molecular formula is C22H30BrF3N2O. The Morgan fingerprint density at radius 1 is 1.17 bits per heavy atom. The van der Waals surface area contributed by atoms with Crippen molar-refractivity contribution in [2.24, 2.45) is 0 Å². The Balaban J connectivity index is 0.000000352. The lowest BCUT2D eigenvalue weighted by atomic mass is 10.0. The third kappa shape index (κ3) is 7.14. The van der Waals surface area contributed by atoms with Gasteiger partial charge < -0.3 is 15.8 Å². The largest absolute Gasteiger partial charge is 0.494 e. The normalized spacial score (nSPS) is 11.1. The molecule has 0 aliphatic rings. The molecule has 0 aliphatic heterocycles. The van der Waals surface area contributed by atoms with Crippen molar-refractivity contribution < 1.29 is 17.9 Å². The standard InChI is InChI=1S/C12H16BrF3N2O.C10H14/c1-3-4-18-11-8(19-2)5-7(6-13)9(10(11)17)12(14,15)16;1-8(2)10-6-4-9(3)5-7-10/h5,18H,3-4,6,17H2,1-2H3;4-8H,1-3H3. The van der Waals surface area contributed by atoms with Crippen LogP contribution in [0.3, 0.4) is 0 Å². The molecule has 0 heterocycles. The summed E-state index contributed by atoms with van der Waals surface area (Å²) in [5.74, 6) is 0.967. The molecule has 162 valence electrons. The summed E-state index contributed by atoms with van der Waals surface area (Å²) in [5, 5.41) is 2.93. The Morgan fingerprint density at radius 2 is 1.76 bits per heavy atom. The van der Waals surface area contributed by atoms with Gasteiger partial charge in [-0.05, 0) is 36.5 Å². The van der Waals surface area contributed by atoms with Crippen molar-refractivity contribution in [3.8, 4) is 5.75 Å². The van der Waals surface area contributed by atoms with E-state index in [1.165, 1.54) is 24.3 Å². The van der Waals surface area contributed by atoms with E-state index in [1.807, 2.05) is 6.92 Å². The number of nitrogen functional groups attached to an aromatic ring is 1. The molecule has 0 aliphatic carbocycles. The van der Waals surface area contributed by atoms with Gasteiger partial charge in [-0.3, -0.25) is 0 Å². The van der Waals surface area contributed by atoms with Crippen molar-refractivity contribution in [3.05, 3.63) is 52.6 Å². The van der Waals surface area contributed by atoms with Crippen LogP contribution in [0.4, 0.5) is 24.5 Å². The Kier molecular flexibility index (Phi) is 9.83. The molecule has 0 spiro atoms. The first-order chi connectivity index (χ1) is 13.6. The zero-order chi connectivity index (χ0) is 22.2. The van der Waals surface area contributed by atoms with E-state index in [9.17, 15) is 13.2 Å². The van der Waals surface area contributed by atoms with Gasteiger partial charge in [0.15, 0.2) is 0 Å². The van der Waals surface area contributed by atoms with Gasteiger partial charge in [0.05, 0.1) is 18.4 Å². The fraction of sp³-hybridized carbons (Fsp3) is 0.455. The Hall–Kier alpha value is -1.89. The molecule has 29 heavy (non-hydrogen) atoms. The maximum Gasteiger partial charge on any atom is 0.418 e.